The Kier molecular flexibility index (Phi) is 5.62. The molecule has 0 spiro atoms. The third-order valence-corrected chi connectivity index (χ3v) is 3.91. The summed E-state index contributed by atoms with van der Waals surface area (Å²) in [6, 6.07) is 6.04. The topological polar surface area (TPSA) is 64.3 Å². The van der Waals surface area contributed by atoms with E-state index in [1.54, 1.807) is 0 Å². The van der Waals surface area contributed by atoms with Crippen LogP contribution in [0, 0.1) is 5.92 Å². The number of nitrogens with two attached hydrogens (primary N) is 1. The summed E-state index contributed by atoms with van der Waals surface area (Å²) < 4.78 is 5.70. The van der Waals surface area contributed by atoms with Gasteiger partial charge in [-0.25, -0.2) is 0 Å². The molecule has 1 aliphatic carbocycles. The van der Waals surface area contributed by atoms with Crippen LogP contribution in [0.2, 0.25) is 0 Å². The van der Waals surface area contributed by atoms with Crippen LogP contribution in [0.3, 0.4) is 0 Å². The van der Waals surface area contributed by atoms with Crippen LogP contribution < -0.4 is 15.8 Å². The van der Waals surface area contributed by atoms with Crippen LogP contribution in [-0.2, 0) is 11.2 Å². The Morgan fingerprint density at radius 1 is 1.48 bits per heavy atom. The highest BCUT2D eigenvalue weighted by atomic mass is 16.5. The van der Waals surface area contributed by atoms with Gasteiger partial charge in [0.2, 0.25) is 0 Å². The largest absolute Gasteiger partial charge is 0.483 e. The average molecular weight is 290 g/mol. The predicted octanol–water partition coefficient (Wildman–Crippen LogP) is 2.56. The zero-order chi connectivity index (χ0) is 15.2. The van der Waals surface area contributed by atoms with E-state index in [0.29, 0.717) is 12.5 Å². The van der Waals surface area contributed by atoms with E-state index < -0.39 is 0 Å². The molecular weight excluding hydrogens is 264 g/mol. The smallest absolute Gasteiger partial charge is 0.257 e. The average Bonchev–Trinajstić information content (AvgIpc) is 2.45. The summed E-state index contributed by atoms with van der Waals surface area (Å²) in [6.45, 7) is 5.06. The molecule has 0 radical (unpaired) electrons. The molecule has 1 aromatic rings. The lowest BCUT2D eigenvalue weighted by atomic mass is 9.88. The standard InChI is InChI=1S/C17H26N2O2/c1-12(2)9-10-19-17(20)11-21-16-8-4-5-13-14(16)6-3-7-15(13)18/h4-5,8,12,15H,3,6-7,9-11,18H2,1-2H3,(H,19,20). The molecule has 1 atom stereocenters. The molecule has 1 unspecified atom stereocenters. The van der Waals surface area contributed by atoms with Gasteiger partial charge in [0.15, 0.2) is 6.61 Å². The fourth-order valence-electron chi connectivity index (χ4n) is 2.68. The van der Waals surface area contributed by atoms with Crippen LogP contribution in [0.5, 0.6) is 5.75 Å². The van der Waals surface area contributed by atoms with Gasteiger partial charge in [0.25, 0.3) is 5.91 Å². The van der Waals surface area contributed by atoms with Crippen molar-refractivity contribution in [2.24, 2.45) is 11.7 Å². The monoisotopic (exact) mass is 290 g/mol. The highest BCUT2D eigenvalue weighted by Gasteiger charge is 2.20. The van der Waals surface area contributed by atoms with E-state index in [2.05, 4.69) is 25.2 Å². The van der Waals surface area contributed by atoms with E-state index in [1.165, 1.54) is 11.1 Å². The number of carbonyl (C=O) groups is 1. The van der Waals surface area contributed by atoms with E-state index in [9.17, 15) is 4.79 Å². The molecule has 3 N–H and O–H groups in total. The summed E-state index contributed by atoms with van der Waals surface area (Å²) in [5, 5.41) is 2.88. The molecule has 4 nitrogen and oxygen atoms in total. The number of hydrogen-bond donors (Lipinski definition) is 2. The van der Waals surface area contributed by atoms with Crippen molar-refractivity contribution < 1.29 is 9.53 Å². The van der Waals surface area contributed by atoms with Gasteiger partial charge in [-0.2, -0.15) is 0 Å². The molecule has 1 amide bonds. The Morgan fingerprint density at radius 2 is 2.29 bits per heavy atom. The lowest BCUT2D eigenvalue weighted by molar-refractivity contribution is -0.123. The summed E-state index contributed by atoms with van der Waals surface area (Å²) in [5.41, 5.74) is 8.47. The van der Waals surface area contributed by atoms with Crippen LogP contribution in [0.15, 0.2) is 18.2 Å². The van der Waals surface area contributed by atoms with Crippen LogP contribution in [0.1, 0.15) is 50.3 Å². The molecule has 0 bridgehead atoms. The number of amides is 1. The molecule has 21 heavy (non-hydrogen) atoms. The highest BCUT2D eigenvalue weighted by Crippen LogP contribution is 2.33. The summed E-state index contributed by atoms with van der Waals surface area (Å²) in [4.78, 5) is 11.8. The number of carbonyl (C=O) groups excluding carboxylic acids is 1. The van der Waals surface area contributed by atoms with E-state index in [4.69, 9.17) is 10.5 Å². The molecular formula is C17H26N2O2. The zero-order valence-electron chi connectivity index (χ0n) is 13.0. The summed E-state index contributed by atoms with van der Waals surface area (Å²) in [6.07, 6.45) is 4.07. The molecule has 0 fully saturated rings. The number of benzene rings is 1. The maximum atomic E-state index is 11.8. The van der Waals surface area contributed by atoms with Crippen molar-refractivity contribution >= 4 is 5.91 Å². The fourth-order valence-corrected chi connectivity index (χ4v) is 2.68. The van der Waals surface area contributed by atoms with Crippen molar-refractivity contribution in [2.45, 2.75) is 45.6 Å². The van der Waals surface area contributed by atoms with Crippen molar-refractivity contribution in [1.82, 2.24) is 5.32 Å². The van der Waals surface area contributed by atoms with Crippen molar-refractivity contribution in [1.29, 1.82) is 0 Å². The van der Waals surface area contributed by atoms with Crippen LogP contribution >= 0.6 is 0 Å². The van der Waals surface area contributed by atoms with Crippen molar-refractivity contribution in [2.75, 3.05) is 13.2 Å². The number of nitrogens with one attached hydrogen (secondary N) is 1. The lowest BCUT2D eigenvalue weighted by Gasteiger charge is -2.24. The van der Waals surface area contributed by atoms with Gasteiger partial charge in [0, 0.05) is 12.6 Å². The molecule has 0 saturated carbocycles. The normalized spacial score (nSPS) is 17.4. The second kappa shape index (κ2) is 7.46. The van der Waals surface area contributed by atoms with Gasteiger partial charge in [-0.05, 0) is 48.8 Å². The first-order valence-corrected chi connectivity index (χ1v) is 7.84. The predicted molar refractivity (Wildman–Crippen MR) is 84.3 cm³/mol. The maximum absolute atomic E-state index is 11.8. The summed E-state index contributed by atoms with van der Waals surface area (Å²) >= 11 is 0. The number of hydrogen-bond acceptors (Lipinski definition) is 3. The minimum absolute atomic E-state index is 0.0617. The second-order valence-corrected chi connectivity index (χ2v) is 6.14. The van der Waals surface area contributed by atoms with Crippen molar-refractivity contribution in [3.8, 4) is 5.75 Å². The summed E-state index contributed by atoms with van der Waals surface area (Å²) in [5.74, 6) is 1.34. The number of rotatable bonds is 6. The molecule has 1 aliphatic rings. The Balaban J connectivity index is 1.89. The molecule has 0 saturated heterocycles. The first kappa shape index (κ1) is 15.8. The SMILES string of the molecule is CC(C)CCNC(=O)COc1cccc2c1CCCC2N. The van der Waals surface area contributed by atoms with E-state index in [-0.39, 0.29) is 18.6 Å². The van der Waals surface area contributed by atoms with Gasteiger partial charge in [-0.1, -0.05) is 26.0 Å². The van der Waals surface area contributed by atoms with Gasteiger partial charge in [0.1, 0.15) is 5.75 Å². The third kappa shape index (κ3) is 4.46. The number of fused-ring (bicyclic) bond motifs is 1. The van der Waals surface area contributed by atoms with Gasteiger partial charge in [-0.3, -0.25) is 4.79 Å². The van der Waals surface area contributed by atoms with E-state index in [0.717, 1.165) is 31.4 Å². The quantitative estimate of drug-likeness (QED) is 0.846. The van der Waals surface area contributed by atoms with Gasteiger partial charge in [0.05, 0.1) is 0 Å². The minimum Gasteiger partial charge on any atom is -0.483 e. The maximum Gasteiger partial charge on any atom is 0.257 e. The third-order valence-electron chi connectivity index (χ3n) is 3.91. The van der Waals surface area contributed by atoms with Crippen molar-refractivity contribution in [3.05, 3.63) is 29.3 Å². The highest BCUT2D eigenvalue weighted by molar-refractivity contribution is 5.77. The van der Waals surface area contributed by atoms with E-state index in [1.807, 2.05) is 12.1 Å². The van der Waals surface area contributed by atoms with Crippen LogP contribution in [-0.4, -0.2) is 19.1 Å². The van der Waals surface area contributed by atoms with Crippen LogP contribution in [0.25, 0.3) is 0 Å². The Labute approximate surface area is 127 Å². The fraction of sp³-hybridized carbons (Fsp3) is 0.588. The minimum atomic E-state index is -0.0617. The first-order valence-electron chi connectivity index (χ1n) is 7.84. The second-order valence-electron chi connectivity index (χ2n) is 6.14. The summed E-state index contributed by atoms with van der Waals surface area (Å²) in [7, 11) is 0. The van der Waals surface area contributed by atoms with Gasteiger partial charge >= 0.3 is 0 Å². The Hall–Kier alpha value is -1.55. The Bertz CT molecular complexity index is 486. The molecule has 116 valence electrons. The molecule has 2 rings (SSSR count). The van der Waals surface area contributed by atoms with E-state index >= 15 is 0 Å². The molecule has 0 aliphatic heterocycles. The zero-order valence-corrected chi connectivity index (χ0v) is 13.0. The number of ether oxygens (including phenoxy) is 1. The molecule has 1 aromatic carbocycles. The van der Waals surface area contributed by atoms with Crippen molar-refractivity contribution in [3.63, 3.8) is 0 Å². The van der Waals surface area contributed by atoms with Crippen LogP contribution in [0.4, 0.5) is 0 Å². The molecule has 4 heteroatoms. The molecule has 0 aromatic heterocycles. The first-order chi connectivity index (χ1) is 10.1. The Morgan fingerprint density at radius 3 is 3.05 bits per heavy atom. The van der Waals surface area contributed by atoms with Gasteiger partial charge < -0.3 is 15.8 Å². The lowest BCUT2D eigenvalue weighted by Crippen LogP contribution is -2.30. The molecule has 0 heterocycles. The van der Waals surface area contributed by atoms with Gasteiger partial charge in [-0.15, -0.1) is 0 Å².